The molecule has 0 atom stereocenters. The summed E-state index contributed by atoms with van der Waals surface area (Å²) < 4.78 is 9.90. The lowest BCUT2D eigenvalue weighted by Gasteiger charge is -2.07. The van der Waals surface area contributed by atoms with Gasteiger partial charge in [-0.3, -0.25) is 0 Å². The molecule has 98 valence electrons. The van der Waals surface area contributed by atoms with Crippen molar-refractivity contribution in [1.29, 1.82) is 0 Å². The molecule has 4 nitrogen and oxygen atoms in total. The van der Waals surface area contributed by atoms with Gasteiger partial charge in [-0.05, 0) is 27.8 Å². The van der Waals surface area contributed by atoms with Crippen molar-refractivity contribution in [3.05, 3.63) is 10.6 Å². The summed E-state index contributed by atoms with van der Waals surface area (Å²) in [6.07, 6.45) is 1.09. The first kappa shape index (κ1) is 16.2. The normalized spacial score (nSPS) is 11.8. The number of rotatable bonds is 6. The van der Waals surface area contributed by atoms with E-state index in [4.69, 9.17) is 9.47 Å². The molecule has 0 radical (unpaired) electrons. The van der Waals surface area contributed by atoms with Crippen LogP contribution in [0.4, 0.5) is 0 Å². The van der Waals surface area contributed by atoms with Gasteiger partial charge in [0.2, 0.25) is 0 Å². The zero-order chi connectivity index (χ0) is 13.4. The first-order chi connectivity index (χ1) is 7.82. The number of carbonyl (C=O) groups excluding carboxylic acids is 2. The molecule has 0 bridgehead atoms. The summed E-state index contributed by atoms with van der Waals surface area (Å²) in [5.74, 6) is -0.585. The van der Waals surface area contributed by atoms with Gasteiger partial charge < -0.3 is 9.47 Å². The summed E-state index contributed by atoms with van der Waals surface area (Å²) in [4.78, 5) is 22.6. The van der Waals surface area contributed by atoms with Crippen LogP contribution >= 0.6 is 15.9 Å². The molecule has 0 aliphatic carbocycles. The lowest BCUT2D eigenvalue weighted by atomic mass is 10.2. The van der Waals surface area contributed by atoms with E-state index in [-0.39, 0.29) is 16.3 Å². The Bertz CT molecular complexity index is 295. The summed E-state index contributed by atoms with van der Waals surface area (Å²) >= 11 is 2.99. The Balaban J connectivity index is 4.14. The van der Waals surface area contributed by atoms with Crippen LogP contribution in [0.5, 0.6) is 0 Å². The topological polar surface area (TPSA) is 52.6 Å². The van der Waals surface area contributed by atoms with Gasteiger partial charge in [-0.15, -0.1) is 0 Å². The molecule has 0 aromatic heterocycles. The smallest absolute Gasteiger partial charge is 0.345 e. The number of esters is 2. The molecule has 0 fully saturated rings. The van der Waals surface area contributed by atoms with E-state index in [1.165, 1.54) is 0 Å². The average molecular weight is 307 g/mol. The highest BCUT2D eigenvalue weighted by atomic mass is 79.9. The van der Waals surface area contributed by atoms with E-state index in [2.05, 4.69) is 15.9 Å². The zero-order valence-corrected chi connectivity index (χ0v) is 12.2. The molecule has 0 aromatic carbocycles. The minimum Gasteiger partial charge on any atom is -0.462 e. The van der Waals surface area contributed by atoms with E-state index in [0.29, 0.717) is 13.2 Å². The van der Waals surface area contributed by atoms with Crippen LogP contribution in [-0.4, -0.2) is 25.2 Å². The Morgan fingerprint density at radius 3 is 2.00 bits per heavy atom. The summed E-state index contributed by atoms with van der Waals surface area (Å²) in [6.45, 7) is 8.38. The molecule has 0 spiro atoms. The number of carbonyl (C=O) groups is 2. The highest BCUT2D eigenvalue weighted by Crippen LogP contribution is 2.09. The largest absolute Gasteiger partial charge is 0.462 e. The lowest BCUT2D eigenvalue weighted by Crippen LogP contribution is -2.12. The third-order valence-corrected chi connectivity index (χ3v) is 2.10. The van der Waals surface area contributed by atoms with Gasteiger partial charge in [0.1, 0.15) is 4.48 Å². The molecule has 0 saturated carbocycles. The van der Waals surface area contributed by atoms with Crippen LogP contribution in [0.1, 0.15) is 27.7 Å². The Labute approximate surface area is 110 Å². The van der Waals surface area contributed by atoms with Crippen LogP contribution in [0.3, 0.4) is 0 Å². The van der Waals surface area contributed by atoms with Crippen molar-refractivity contribution in [3.8, 4) is 0 Å². The predicted molar refractivity (Wildman–Crippen MR) is 68.6 cm³/mol. The van der Waals surface area contributed by atoms with Crippen molar-refractivity contribution in [1.82, 2.24) is 0 Å². The second kappa shape index (κ2) is 8.28. The average Bonchev–Trinajstić information content (AvgIpc) is 2.22. The third-order valence-electron chi connectivity index (χ3n) is 1.55. The van der Waals surface area contributed by atoms with Crippen LogP contribution in [0.15, 0.2) is 10.6 Å². The molecular formula is C12H19BrO4. The van der Waals surface area contributed by atoms with Crippen LogP contribution in [0.2, 0.25) is 0 Å². The van der Waals surface area contributed by atoms with Gasteiger partial charge in [-0.25, -0.2) is 9.59 Å². The van der Waals surface area contributed by atoms with E-state index in [1.54, 1.807) is 0 Å². The van der Waals surface area contributed by atoms with Gasteiger partial charge >= 0.3 is 11.9 Å². The van der Waals surface area contributed by atoms with Gasteiger partial charge in [-0.2, -0.15) is 0 Å². The molecule has 0 amide bonds. The maximum atomic E-state index is 11.4. The molecular weight excluding hydrogens is 288 g/mol. The van der Waals surface area contributed by atoms with Crippen LogP contribution in [-0.2, 0) is 19.1 Å². The minimum atomic E-state index is -0.555. The molecule has 17 heavy (non-hydrogen) atoms. The monoisotopic (exact) mass is 306 g/mol. The summed E-state index contributed by atoms with van der Waals surface area (Å²) in [6, 6.07) is 0. The Morgan fingerprint density at radius 1 is 1.06 bits per heavy atom. The van der Waals surface area contributed by atoms with Crippen molar-refractivity contribution in [2.75, 3.05) is 13.2 Å². The fourth-order valence-electron chi connectivity index (χ4n) is 0.764. The molecule has 0 aromatic rings. The van der Waals surface area contributed by atoms with Crippen molar-refractivity contribution in [2.45, 2.75) is 27.7 Å². The first-order valence-corrected chi connectivity index (χ1v) is 6.33. The van der Waals surface area contributed by atoms with Crippen LogP contribution in [0, 0.1) is 11.8 Å². The van der Waals surface area contributed by atoms with Gasteiger partial charge in [-0.1, -0.05) is 27.7 Å². The van der Waals surface area contributed by atoms with E-state index < -0.39 is 11.9 Å². The summed E-state index contributed by atoms with van der Waals surface area (Å²) in [7, 11) is 0. The second-order valence-corrected chi connectivity index (χ2v) is 5.36. The second-order valence-electron chi connectivity index (χ2n) is 4.51. The SMILES string of the molecule is CC(C)COC(=O)/C=C(\Br)C(=O)OCC(C)C. The molecule has 0 aliphatic rings. The van der Waals surface area contributed by atoms with Gasteiger partial charge in [0.15, 0.2) is 0 Å². The van der Waals surface area contributed by atoms with Crippen LogP contribution < -0.4 is 0 Å². The van der Waals surface area contributed by atoms with Crippen LogP contribution in [0.25, 0.3) is 0 Å². The lowest BCUT2D eigenvalue weighted by molar-refractivity contribution is -0.141. The highest BCUT2D eigenvalue weighted by Gasteiger charge is 2.11. The van der Waals surface area contributed by atoms with E-state index in [1.807, 2.05) is 27.7 Å². The number of ether oxygens (including phenoxy) is 2. The van der Waals surface area contributed by atoms with Crippen molar-refractivity contribution < 1.29 is 19.1 Å². The summed E-state index contributed by atoms with van der Waals surface area (Å²) in [5.41, 5.74) is 0. The fourth-order valence-corrected chi connectivity index (χ4v) is 1.07. The maximum absolute atomic E-state index is 11.4. The number of halogens is 1. The van der Waals surface area contributed by atoms with Gasteiger partial charge in [0.05, 0.1) is 13.2 Å². The van der Waals surface area contributed by atoms with Crippen molar-refractivity contribution in [3.63, 3.8) is 0 Å². The fraction of sp³-hybridized carbons (Fsp3) is 0.667. The molecule has 5 heteroatoms. The Hall–Kier alpha value is -0.840. The van der Waals surface area contributed by atoms with E-state index >= 15 is 0 Å². The Kier molecular flexibility index (Phi) is 7.87. The predicted octanol–water partition coefficient (Wildman–Crippen LogP) is 2.66. The molecule has 0 heterocycles. The number of hydrogen-bond donors (Lipinski definition) is 0. The molecule has 0 saturated heterocycles. The van der Waals surface area contributed by atoms with Gasteiger partial charge in [0.25, 0.3) is 0 Å². The van der Waals surface area contributed by atoms with Crippen molar-refractivity contribution >= 4 is 27.9 Å². The van der Waals surface area contributed by atoms with E-state index in [0.717, 1.165) is 6.08 Å². The molecule has 0 unspecified atom stereocenters. The maximum Gasteiger partial charge on any atom is 0.345 e. The molecule has 0 aliphatic heterocycles. The highest BCUT2D eigenvalue weighted by molar-refractivity contribution is 9.12. The van der Waals surface area contributed by atoms with Gasteiger partial charge in [0, 0.05) is 6.08 Å². The van der Waals surface area contributed by atoms with E-state index in [9.17, 15) is 9.59 Å². The number of hydrogen-bond acceptors (Lipinski definition) is 4. The molecule has 0 rings (SSSR count). The zero-order valence-electron chi connectivity index (χ0n) is 10.7. The minimum absolute atomic E-state index is 0.0758. The quantitative estimate of drug-likeness (QED) is 0.559. The summed E-state index contributed by atoms with van der Waals surface area (Å²) in [5, 5.41) is 0. The standard InChI is InChI=1S/C12H19BrO4/c1-8(2)6-16-11(14)5-10(13)12(15)17-7-9(3)4/h5,8-9H,6-7H2,1-4H3/b10-5-. The third kappa shape index (κ3) is 8.92. The molecule has 0 N–H and O–H groups in total. The van der Waals surface area contributed by atoms with Crippen molar-refractivity contribution in [2.24, 2.45) is 11.8 Å². The Morgan fingerprint density at radius 2 is 1.53 bits per heavy atom. The first-order valence-electron chi connectivity index (χ1n) is 5.54.